The van der Waals surface area contributed by atoms with Crippen LogP contribution in [0, 0.1) is 0 Å². The lowest BCUT2D eigenvalue weighted by atomic mass is 9.96. The van der Waals surface area contributed by atoms with E-state index in [4.69, 9.17) is 14.0 Å². The Labute approximate surface area is 113 Å². The van der Waals surface area contributed by atoms with Crippen LogP contribution in [0.25, 0.3) is 0 Å². The zero-order valence-electron chi connectivity index (χ0n) is 11.7. The Hall–Kier alpha value is -0.940. The van der Waals surface area contributed by atoms with E-state index in [9.17, 15) is 0 Å². The van der Waals surface area contributed by atoms with Crippen molar-refractivity contribution < 1.29 is 14.0 Å². The molecule has 0 radical (unpaired) electrons. The normalized spacial score (nSPS) is 33.5. The highest BCUT2D eigenvalue weighted by Crippen LogP contribution is 2.31. The first-order valence-corrected chi connectivity index (χ1v) is 7.30. The van der Waals surface area contributed by atoms with Crippen LogP contribution < -0.4 is 0 Å². The monoisotopic (exact) mass is 266 g/mol. The van der Waals surface area contributed by atoms with Gasteiger partial charge in [0.1, 0.15) is 0 Å². The number of nitrogens with zero attached hydrogens (tertiary/aromatic N) is 2. The Kier molecular flexibility index (Phi) is 3.84. The number of hydrogen-bond donors (Lipinski definition) is 0. The molecule has 0 N–H and O–H groups in total. The van der Waals surface area contributed by atoms with Crippen LogP contribution in [0.5, 0.6) is 0 Å². The molecule has 2 fully saturated rings. The Morgan fingerprint density at radius 3 is 2.84 bits per heavy atom. The average Bonchev–Trinajstić information content (AvgIpc) is 3.10. The second-order valence-electron chi connectivity index (χ2n) is 5.73. The fourth-order valence-corrected chi connectivity index (χ4v) is 2.98. The molecular formula is C14H22N2O3. The molecule has 0 aliphatic carbocycles. The molecule has 0 amide bonds. The molecule has 0 bridgehead atoms. The van der Waals surface area contributed by atoms with Crippen molar-refractivity contribution in [3.8, 4) is 0 Å². The third-order valence-corrected chi connectivity index (χ3v) is 4.22. The third kappa shape index (κ3) is 2.82. The molecule has 106 valence electrons. The van der Waals surface area contributed by atoms with Crippen molar-refractivity contribution >= 4 is 0 Å². The lowest BCUT2D eigenvalue weighted by Gasteiger charge is -2.24. The zero-order valence-corrected chi connectivity index (χ0v) is 11.7. The lowest BCUT2D eigenvalue weighted by Crippen LogP contribution is -2.22. The molecule has 5 nitrogen and oxygen atoms in total. The van der Waals surface area contributed by atoms with Gasteiger partial charge < -0.3 is 14.0 Å². The summed E-state index contributed by atoms with van der Waals surface area (Å²) in [5, 5.41) is 4.15. The van der Waals surface area contributed by atoms with Crippen LogP contribution in [-0.4, -0.2) is 35.6 Å². The summed E-state index contributed by atoms with van der Waals surface area (Å²) in [6.45, 7) is 5.86. The second-order valence-corrected chi connectivity index (χ2v) is 5.73. The molecule has 3 heterocycles. The maximum atomic E-state index is 5.70. The molecule has 1 aromatic rings. The lowest BCUT2D eigenvalue weighted by molar-refractivity contribution is 0.0134. The molecule has 0 aromatic carbocycles. The number of ether oxygens (including phenoxy) is 2. The summed E-state index contributed by atoms with van der Waals surface area (Å²) in [5.74, 6) is 2.13. The highest BCUT2D eigenvalue weighted by Gasteiger charge is 2.30. The summed E-state index contributed by atoms with van der Waals surface area (Å²) < 4.78 is 16.7. The van der Waals surface area contributed by atoms with Gasteiger partial charge >= 0.3 is 0 Å². The molecule has 0 spiro atoms. The van der Waals surface area contributed by atoms with Gasteiger partial charge in [-0.1, -0.05) is 12.1 Å². The van der Waals surface area contributed by atoms with E-state index in [1.54, 1.807) is 0 Å². The fraction of sp³-hybridized carbons (Fsp3) is 0.857. The summed E-state index contributed by atoms with van der Waals surface area (Å²) in [7, 11) is 0. The van der Waals surface area contributed by atoms with Crippen molar-refractivity contribution in [2.45, 2.75) is 63.6 Å². The Balaban J connectivity index is 1.68. The molecule has 5 heteroatoms. The quantitative estimate of drug-likeness (QED) is 0.841. The highest BCUT2D eigenvalue weighted by atomic mass is 16.5. The summed E-state index contributed by atoms with van der Waals surface area (Å²) >= 11 is 0. The van der Waals surface area contributed by atoms with Crippen molar-refractivity contribution in [2.24, 2.45) is 0 Å². The highest BCUT2D eigenvalue weighted by molar-refractivity contribution is 5.02. The largest absolute Gasteiger partial charge is 0.378 e. The van der Waals surface area contributed by atoms with E-state index in [1.807, 2.05) is 0 Å². The van der Waals surface area contributed by atoms with Crippen molar-refractivity contribution in [1.82, 2.24) is 10.1 Å². The van der Waals surface area contributed by atoms with Crippen LogP contribution in [0.3, 0.4) is 0 Å². The minimum atomic E-state index is 0.220. The van der Waals surface area contributed by atoms with Crippen molar-refractivity contribution in [3.05, 3.63) is 11.7 Å². The fourth-order valence-electron chi connectivity index (χ4n) is 2.98. The standard InChI is InChI=1S/C14H22N2O3/c1-9-8-11(5-7-17-9)14-15-13(16-19-14)10(2)12-4-3-6-18-12/h9-12H,3-8H2,1-2H3. The van der Waals surface area contributed by atoms with E-state index < -0.39 is 0 Å². The molecule has 3 rings (SSSR count). The predicted octanol–water partition coefficient (Wildman–Crippen LogP) is 2.63. The van der Waals surface area contributed by atoms with Gasteiger partial charge in [-0.15, -0.1) is 0 Å². The maximum Gasteiger partial charge on any atom is 0.229 e. The first-order valence-electron chi connectivity index (χ1n) is 7.30. The number of rotatable bonds is 3. The molecule has 2 aliphatic heterocycles. The Bertz CT molecular complexity index is 398. The van der Waals surface area contributed by atoms with Gasteiger partial charge in [0.25, 0.3) is 0 Å². The van der Waals surface area contributed by atoms with E-state index in [0.29, 0.717) is 5.92 Å². The van der Waals surface area contributed by atoms with E-state index in [0.717, 1.165) is 50.6 Å². The SMILES string of the molecule is CC1CC(c2nc(C(C)C3CCCO3)no2)CCO1. The van der Waals surface area contributed by atoms with E-state index >= 15 is 0 Å². The number of aromatic nitrogens is 2. The minimum absolute atomic E-state index is 0.220. The van der Waals surface area contributed by atoms with E-state index in [-0.39, 0.29) is 18.1 Å². The predicted molar refractivity (Wildman–Crippen MR) is 69.1 cm³/mol. The zero-order chi connectivity index (χ0) is 13.2. The Morgan fingerprint density at radius 2 is 2.11 bits per heavy atom. The van der Waals surface area contributed by atoms with Gasteiger partial charge in [0.15, 0.2) is 5.82 Å². The molecule has 1 aromatic heterocycles. The molecule has 2 saturated heterocycles. The van der Waals surface area contributed by atoms with Gasteiger partial charge in [0.2, 0.25) is 5.89 Å². The topological polar surface area (TPSA) is 57.4 Å². The van der Waals surface area contributed by atoms with Crippen LogP contribution in [0.15, 0.2) is 4.52 Å². The van der Waals surface area contributed by atoms with Crippen LogP contribution in [-0.2, 0) is 9.47 Å². The van der Waals surface area contributed by atoms with Crippen molar-refractivity contribution in [1.29, 1.82) is 0 Å². The average molecular weight is 266 g/mol. The third-order valence-electron chi connectivity index (χ3n) is 4.22. The van der Waals surface area contributed by atoms with Gasteiger partial charge in [-0.2, -0.15) is 4.98 Å². The van der Waals surface area contributed by atoms with E-state index in [2.05, 4.69) is 24.0 Å². The van der Waals surface area contributed by atoms with Gasteiger partial charge in [-0.05, 0) is 32.6 Å². The first kappa shape index (κ1) is 13.1. The molecular weight excluding hydrogens is 244 g/mol. The molecule has 4 unspecified atom stereocenters. The maximum absolute atomic E-state index is 5.70. The van der Waals surface area contributed by atoms with Crippen LogP contribution >= 0.6 is 0 Å². The van der Waals surface area contributed by atoms with Gasteiger partial charge in [-0.25, -0.2) is 0 Å². The second kappa shape index (κ2) is 5.59. The van der Waals surface area contributed by atoms with Crippen LogP contribution in [0.2, 0.25) is 0 Å². The van der Waals surface area contributed by atoms with E-state index in [1.165, 1.54) is 0 Å². The van der Waals surface area contributed by atoms with Crippen molar-refractivity contribution in [2.75, 3.05) is 13.2 Å². The molecule has 19 heavy (non-hydrogen) atoms. The van der Waals surface area contributed by atoms with Gasteiger partial charge in [0.05, 0.1) is 12.2 Å². The molecule has 0 saturated carbocycles. The van der Waals surface area contributed by atoms with Crippen LogP contribution in [0.4, 0.5) is 0 Å². The minimum Gasteiger partial charge on any atom is -0.378 e. The van der Waals surface area contributed by atoms with Crippen LogP contribution in [0.1, 0.15) is 63.1 Å². The Morgan fingerprint density at radius 1 is 1.21 bits per heavy atom. The summed E-state index contributed by atoms with van der Waals surface area (Å²) in [5.41, 5.74) is 0. The molecule has 4 atom stereocenters. The number of hydrogen-bond acceptors (Lipinski definition) is 5. The summed E-state index contributed by atoms with van der Waals surface area (Å²) in [4.78, 5) is 4.60. The smallest absolute Gasteiger partial charge is 0.229 e. The molecule has 2 aliphatic rings. The van der Waals surface area contributed by atoms with Gasteiger partial charge in [-0.3, -0.25) is 0 Å². The van der Waals surface area contributed by atoms with Gasteiger partial charge in [0, 0.05) is 25.0 Å². The van der Waals surface area contributed by atoms with Crippen molar-refractivity contribution in [3.63, 3.8) is 0 Å². The summed E-state index contributed by atoms with van der Waals surface area (Å²) in [6.07, 6.45) is 4.70. The first-order chi connectivity index (χ1) is 9.24. The summed E-state index contributed by atoms with van der Waals surface area (Å²) in [6, 6.07) is 0.